The van der Waals surface area contributed by atoms with Gasteiger partial charge in [-0.05, 0) is 24.5 Å². The van der Waals surface area contributed by atoms with E-state index in [2.05, 4.69) is 0 Å². The van der Waals surface area contributed by atoms with Gasteiger partial charge in [0.05, 0.1) is 7.11 Å². The number of aldehydes is 1. The molecule has 2 nitrogen and oxygen atoms in total. The highest BCUT2D eigenvalue weighted by atomic mass is 19.1. The first-order valence-electron chi connectivity index (χ1n) is 5.36. The van der Waals surface area contributed by atoms with Crippen molar-refractivity contribution in [1.82, 2.24) is 0 Å². The van der Waals surface area contributed by atoms with E-state index in [1.807, 2.05) is 6.92 Å². The van der Waals surface area contributed by atoms with Crippen molar-refractivity contribution in [3.05, 3.63) is 29.3 Å². The Kier molecular flexibility index (Phi) is 4.47. The molecule has 0 heterocycles. The number of benzene rings is 1. The summed E-state index contributed by atoms with van der Waals surface area (Å²) in [6.07, 6.45) is 0.170. The van der Waals surface area contributed by atoms with Crippen molar-refractivity contribution in [3.8, 4) is 5.75 Å². The lowest BCUT2D eigenvalue weighted by Crippen LogP contribution is -2.04. The van der Waals surface area contributed by atoms with Gasteiger partial charge in [-0.15, -0.1) is 0 Å². The average molecular weight is 224 g/mol. The third kappa shape index (κ3) is 2.60. The van der Waals surface area contributed by atoms with Crippen LogP contribution in [0.25, 0.3) is 0 Å². The van der Waals surface area contributed by atoms with Gasteiger partial charge >= 0.3 is 0 Å². The highest BCUT2D eigenvalue weighted by molar-refractivity contribution is 5.54. The third-order valence-electron chi connectivity index (χ3n) is 2.69. The van der Waals surface area contributed by atoms with Crippen LogP contribution >= 0.6 is 0 Å². The molecule has 1 aromatic carbocycles. The SMILES string of the molecule is COc1cccc(C(C)F)c1C(C)CC=O. The summed E-state index contributed by atoms with van der Waals surface area (Å²) in [5, 5.41) is 0. The quantitative estimate of drug-likeness (QED) is 0.716. The summed E-state index contributed by atoms with van der Waals surface area (Å²) in [7, 11) is 1.55. The molecule has 1 aromatic rings. The first-order valence-corrected chi connectivity index (χ1v) is 5.36. The smallest absolute Gasteiger partial charge is 0.123 e. The Hall–Kier alpha value is -1.38. The topological polar surface area (TPSA) is 26.3 Å². The zero-order valence-corrected chi connectivity index (χ0v) is 9.87. The van der Waals surface area contributed by atoms with E-state index < -0.39 is 6.17 Å². The molecule has 0 fully saturated rings. The summed E-state index contributed by atoms with van der Waals surface area (Å²) in [6.45, 7) is 3.39. The molecular weight excluding hydrogens is 207 g/mol. The first kappa shape index (κ1) is 12.7. The van der Waals surface area contributed by atoms with Gasteiger partial charge in [-0.3, -0.25) is 0 Å². The van der Waals surface area contributed by atoms with E-state index in [-0.39, 0.29) is 5.92 Å². The molecule has 0 aromatic heterocycles. The maximum Gasteiger partial charge on any atom is 0.123 e. The summed E-state index contributed by atoms with van der Waals surface area (Å²) in [4.78, 5) is 10.5. The lowest BCUT2D eigenvalue weighted by atomic mass is 9.91. The second-order valence-corrected chi connectivity index (χ2v) is 3.88. The number of ether oxygens (including phenoxy) is 1. The average Bonchev–Trinajstić information content (AvgIpc) is 2.28. The molecule has 0 aliphatic carbocycles. The second-order valence-electron chi connectivity index (χ2n) is 3.88. The Bertz CT molecular complexity index is 361. The number of rotatable bonds is 5. The van der Waals surface area contributed by atoms with Gasteiger partial charge in [-0.25, -0.2) is 4.39 Å². The number of carbonyl (C=O) groups excluding carboxylic acids is 1. The standard InChI is InChI=1S/C13H17FO2/c1-9(7-8-15)13-11(10(2)14)5-4-6-12(13)16-3/h4-6,8-10H,7H2,1-3H3. The summed E-state index contributed by atoms with van der Waals surface area (Å²) < 4.78 is 18.7. The van der Waals surface area contributed by atoms with Crippen molar-refractivity contribution in [1.29, 1.82) is 0 Å². The fourth-order valence-corrected chi connectivity index (χ4v) is 1.88. The van der Waals surface area contributed by atoms with Gasteiger partial charge in [0.1, 0.15) is 18.2 Å². The summed E-state index contributed by atoms with van der Waals surface area (Å²) in [5.74, 6) is 0.623. The third-order valence-corrected chi connectivity index (χ3v) is 2.69. The van der Waals surface area contributed by atoms with Gasteiger partial charge in [0, 0.05) is 12.0 Å². The van der Waals surface area contributed by atoms with Gasteiger partial charge < -0.3 is 9.53 Å². The summed E-state index contributed by atoms with van der Waals surface area (Å²) in [6, 6.07) is 5.30. The Labute approximate surface area is 95.4 Å². The largest absolute Gasteiger partial charge is 0.496 e. The molecule has 0 spiro atoms. The van der Waals surface area contributed by atoms with Crippen LogP contribution in [0.15, 0.2) is 18.2 Å². The number of alkyl halides is 1. The predicted octanol–water partition coefficient (Wildman–Crippen LogP) is 3.42. The molecule has 0 amide bonds. The maximum absolute atomic E-state index is 13.5. The van der Waals surface area contributed by atoms with Crippen LogP contribution in [0.1, 0.15) is 43.5 Å². The van der Waals surface area contributed by atoms with Crippen LogP contribution < -0.4 is 4.74 Å². The Morgan fingerprint density at radius 3 is 2.62 bits per heavy atom. The zero-order valence-electron chi connectivity index (χ0n) is 9.87. The van der Waals surface area contributed by atoms with E-state index in [1.54, 1.807) is 25.3 Å². The minimum atomic E-state index is -1.06. The van der Waals surface area contributed by atoms with E-state index in [9.17, 15) is 9.18 Å². The number of halogens is 1. The molecule has 0 radical (unpaired) electrons. The molecule has 2 unspecified atom stereocenters. The van der Waals surface area contributed by atoms with Crippen LogP contribution in [0.4, 0.5) is 4.39 Å². The summed E-state index contributed by atoms with van der Waals surface area (Å²) in [5.41, 5.74) is 1.40. The minimum Gasteiger partial charge on any atom is -0.496 e. The minimum absolute atomic E-state index is 0.0261. The van der Waals surface area contributed by atoms with Crippen LogP contribution in [0.5, 0.6) is 5.75 Å². The van der Waals surface area contributed by atoms with Crippen LogP contribution in [-0.4, -0.2) is 13.4 Å². The second kappa shape index (κ2) is 5.64. The Balaban J connectivity index is 3.23. The van der Waals surface area contributed by atoms with Crippen LogP contribution in [0.2, 0.25) is 0 Å². The van der Waals surface area contributed by atoms with Crippen molar-refractivity contribution < 1.29 is 13.9 Å². The van der Waals surface area contributed by atoms with E-state index in [0.717, 1.165) is 11.8 Å². The van der Waals surface area contributed by atoms with Crippen LogP contribution in [0, 0.1) is 0 Å². The Morgan fingerprint density at radius 2 is 2.12 bits per heavy atom. The van der Waals surface area contributed by atoms with E-state index in [4.69, 9.17) is 4.74 Å². The fourth-order valence-electron chi connectivity index (χ4n) is 1.88. The number of methoxy groups -OCH3 is 1. The van der Waals surface area contributed by atoms with Gasteiger partial charge in [0.25, 0.3) is 0 Å². The predicted molar refractivity (Wildman–Crippen MR) is 61.6 cm³/mol. The van der Waals surface area contributed by atoms with Crippen molar-refractivity contribution in [2.75, 3.05) is 7.11 Å². The maximum atomic E-state index is 13.5. The van der Waals surface area contributed by atoms with E-state index in [0.29, 0.717) is 17.7 Å². The molecule has 0 bridgehead atoms. The van der Waals surface area contributed by atoms with Crippen molar-refractivity contribution in [2.45, 2.75) is 32.4 Å². The van der Waals surface area contributed by atoms with Crippen LogP contribution in [-0.2, 0) is 4.79 Å². The molecule has 0 saturated carbocycles. The lowest BCUT2D eigenvalue weighted by Gasteiger charge is -2.18. The van der Waals surface area contributed by atoms with Crippen LogP contribution in [0.3, 0.4) is 0 Å². The fraction of sp³-hybridized carbons (Fsp3) is 0.462. The van der Waals surface area contributed by atoms with Crippen molar-refractivity contribution in [2.24, 2.45) is 0 Å². The zero-order chi connectivity index (χ0) is 12.1. The molecule has 3 heteroatoms. The number of carbonyl (C=O) groups is 1. The highest BCUT2D eigenvalue weighted by Gasteiger charge is 2.18. The molecule has 88 valence electrons. The number of hydrogen-bond donors (Lipinski definition) is 0. The number of hydrogen-bond acceptors (Lipinski definition) is 2. The molecule has 0 aliphatic rings. The van der Waals surface area contributed by atoms with Gasteiger partial charge in [-0.2, -0.15) is 0 Å². The monoisotopic (exact) mass is 224 g/mol. The molecular formula is C13H17FO2. The normalized spacial score (nSPS) is 14.2. The molecule has 0 saturated heterocycles. The molecule has 2 atom stereocenters. The molecule has 0 N–H and O–H groups in total. The van der Waals surface area contributed by atoms with E-state index >= 15 is 0 Å². The first-order chi connectivity index (χ1) is 7.61. The summed E-state index contributed by atoms with van der Waals surface area (Å²) >= 11 is 0. The highest BCUT2D eigenvalue weighted by Crippen LogP contribution is 2.35. The van der Waals surface area contributed by atoms with Gasteiger partial charge in [0.2, 0.25) is 0 Å². The Morgan fingerprint density at radius 1 is 1.44 bits per heavy atom. The molecule has 16 heavy (non-hydrogen) atoms. The lowest BCUT2D eigenvalue weighted by molar-refractivity contribution is -0.108. The molecule has 1 rings (SSSR count). The van der Waals surface area contributed by atoms with E-state index in [1.165, 1.54) is 6.92 Å². The van der Waals surface area contributed by atoms with Gasteiger partial charge in [0.15, 0.2) is 0 Å². The molecule has 0 aliphatic heterocycles. The van der Waals surface area contributed by atoms with Gasteiger partial charge in [-0.1, -0.05) is 19.1 Å². The van der Waals surface area contributed by atoms with Crippen molar-refractivity contribution in [3.63, 3.8) is 0 Å². The van der Waals surface area contributed by atoms with Crippen molar-refractivity contribution >= 4 is 6.29 Å².